The number of nitrogens with zero attached hydrogens (tertiary/aromatic N) is 2. The number of hydrogen-bond donors (Lipinski definition) is 1. The van der Waals surface area contributed by atoms with Crippen molar-refractivity contribution in [3.8, 4) is 11.5 Å². The number of anilines is 1. The van der Waals surface area contributed by atoms with Gasteiger partial charge in [-0.2, -0.15) is 0 Å². The van der Waals surface area contributed by atoms with Gasteiger partial charge in [-0.25, -0.2) is 9.98 Å². The Morgan fingerprint density at radius 2 is 1.96 bits per heavy atom. The maximum Gasteiger partial charge on any atom is 0.316 e. The standard InChI is InChI=1S/C21H25N3O3/c1-5-15-9-8-10-16(13-15)20(25)24-17-11-12-18(26-4)19(14-17)27-21(22-6-2)23-7-3/h6,8-14H,5,7H2,1-4H3,(H,24,25)/b22-6-,23-21?. The molecule has 0 atom stereocenters. The molecule has 0 radical (unpaired) electrons. The molecule has 6 nitrogen and oxygen atoms in total. The average molecular weight is 367 g/mol. The highest BCUT2D eigenvalue weighted by atomic mass is 16.5. The highest BCUT2D eigenvalue weighted by Crippen LogP contribution is 2.31. The van der Waals surface area contributed by atoms with E-state index in [9.17, 15) is 4.79 Å². The monoisotopic (exact) mass is 367 g/mol. The number of rotatable bonds is 6. The van der Waals surface area contributed by atoms with E-state index in [1.807, 2.05) is 25.1 Å². The molecule has 27 heavy (non-hydrogen) atoms. The van der Waals surface area contributed by atoms with Crippen LogP contribution in [0.4, 0.5) is 5.69 Å². The summed E-state index contributed by atoms with van der Waals surface area (Å²) in [4.78, 5) is 20.8. The van der Waals surface area contributed by atoms with E-state index in [4.69, 9.17) is 9.47 Å². The maximum atomic E-state index is 12.5. The summed E-state index contributed by atoms with van der Waals surface area (Å²) >= 11 is 0. The number of benzene rings is 2. The van der Waals surface area contributed by atoms with Gasteiger partial charge >= 0.3 is 6.02 Å². The molecule has 0 unspecified atom stereocenters. The SMILES string of the molecule is C/C=N\C(=NCC)Oc1cc(NC(=O)c2cccc(CC)c2)ccc1OC. The number of nitrogens with one attached hydrogen (secondary N) is 1. The van der Waals surface area contributed by atoms with Crippen molar-refractivity contribution in [2.45, 2.75) is 27.2 Å². The van der Waals surface area contributed by atoms with E-state index < -0.39 is 0 Å². The summed E-state index contributed by atoms with van der Waals surface area (Å²) in [5.41, 5.74) is 2.31. The van der Waals surface area contributed by atoms with Crippen molar-refractivity contribution in [2.24, 2.45) is 9.98 Å². The molecule has 0 aliphatic rings. The minimum absolute atomic E-state index is 0.185. The molecule has 0 fully saturated rings. The van der Waals surface area contributed by atoms with Gasteiger partial charge < -0.3 is 14.8 Å². The van der Waals surface area contributed by atoms with Gasteiger partial charge in [-0.3, -0.25) is 4.79 Å². The number of ether oxygens (including phenoxy) is 2. The smallest absolute Gasteiger partial charge is 0.316 e. The van der Waals surface area contributed by atoms with Gasteiger partial charge in [-0.1, -0.05) is 19.1 Å². The van der Waals surface area contributed by atoms with Crippen LogP contribution >= 0.6 is 0 Å². The van der Waals surface area contributed by atoms with Gasteiger partial charge in [0.2, 0.25) is 0 Å². The van der Waals surface area contributed by atoms with E-state index in [-0.39, 0.29) is 11.9 Å². The molecule has 0 saturated heterocycles. The molecule has 2 aromatic rings. The molecule has 2 rings (SSSR count). The molecule has 6 heteroatoms. The lowest BCUT2D eigenvalue weighted by atomic mass is 10.1. The first-order valence-electron chi connectivity index (χ1n) is 8.90. The fourth-order valence-electron chi connectivity index (χ4n) is 2.41. The Morgan fingerprint density at radius 3 is 2.63 bits per heavy atom. The van der Waals surface area contributed by atoms with Crippen molar-refractivity contribution in [1.29, 1.82) is 0 Å². The van der Waals surface area contributed by atoms with Crippen LogP contribution in [0.25, 0.3) is 0 Å². The van der Waals surface area contributed by atoms with Crippen LogP contribution in [0.15, 0.2) is 52.4 Å². The molecular weight excluding hydrogens is 342 g/mol. The molecule has 0 aliphatic carbocycles. The van der Waals surface area contributed by atoms with Crippen LogP contribution in [0.3, 0.4) is 0 Å². The molecule has 1 N–H and O–H groups in total. The van der Waals surface area contributed by atoms with Crippen LogP contribution in [-0.2, 0) is 6.42 Å². The third kappa shape index (κ3) is 5.67. The minimum atomic E-state index is -0.185. The Balaban J connectivity index is 2.25. The molecule has 0 aliphatic heterocycles. The number of amidine groups is 1. The molecule has 0 heterocycles. The van der Waals surface area contributed by atoms with E-state index in [1.54, 1.807) is 44.5 Å². The third-order valence-electron chi connectivity index (χ3n) is 3.75. The zero-order valence-corrected chi connectivity index (χ0v) is 16.2. The molecule has 0 bridgehead atoms. The molecular formula is C21H25N3O3. The van der Waals surface area contributed by atoms with Gasteiger partial charge in [-0.05, 0) is 50.1 Å². The fourth-order valence-corrected chi connectivity index (χ4v) is 2.41. The Bertz CT molecular complexity index is 844. The Labute approximate surface area is 160 Å². The van der Waals surface area contributed by atoms with Crippen molar-refractivity contribution in [1.82, 2.24) is 0 Å². The van der Waals surface area contributed by atoms with E-state index in [0.29, 0.717) is 29.3 Å². The maximum absolute atomic E-state index is 12.5. The third-order valence-corrected chi connectivity index (χ3v) is 3.75. The highest BCUT2D eigenvalue weighted by Gasteiger charge is 2.12. The Kier molecular flexibility index (Phi) is 7.55. The summed E-state index contributed by atoms with van der Waals surface area (Å²) in [6.07, 6.45) is 2.48. The lowest BCUT2D eigenvalue weighted by molar-refractivity contribution is 0.102. The van der Waals surface area contributed by atoms with Crippen molar-refractivity contribution in [3.05, 3.63) is 53.6 Å². The summed E-state index contributed by atoms with van der Waals surface area (Å²) in [6, 6.07) is 13.0. The largest absolute Gasteiger partial charge is 0.493 e. The zero-order chi connectivity index (χ0) is 19.6. The molecule has 2 aromatic carbocycles. The van der Waals surface area contributed by atoms with Crippen LogP contribution in [0.1, 0.15) is 36.7 Å². The second-order valence-corrected chi connectivity index (χ2v) is 5.62. The molecule has 0 saturated carbocycles. The van der Waals surface area contributed by atoms with Crippen molar-refractivity contribution >= 4 is 23.8 Å². The van der Waals surface area contributed by atoms with Gasteiger partial charge in [0.05, 0.1) is 7.11 Å². The summed E-state index contributed by atoms with van der Waals surface area (Å²) < 4.78 is 11.1. The van der Waals surface area contributed by atoms with Gasteiger partial charge in [0.25, 0.3) is 5.91 Å². The first-order valence-corrected chi connectivity index (χ1v) is 8.90. The van der Waals surface area contributed by atoms with E-state index >= 15 is 0 Å². The Hall–Kier alpha value is -3.15. The van der Waals surface area contributed by atoms with Crippen LogP contribution in [0.5, 0.6) is 11.5 Å². The van der Waals surface area contributed by atoms with Gasteiger partial charge in [-0.15, -0.1) is 0 Å². The lowest BCUT2D eigenvalue weighted by Gasteiger charge is -2.12. The van der Waals surface area contributed by atoms with Gasteiger partial charge in [0, 0.05) is 30.1 Å². The number of aryl methyl sites for hydroxylation is 1. The van der Waals surface area contributed by atoms with Crippen LogP contribution < -0.4 is 14.8 Å². The second-order valence-electron chi connectivity index (χ2n) is 5.62. The van der Waals surface area contributed by atoms with Crippen LogP contribution in [-0.4, -0.2) is 31.8 Å². The first-order chi connectivity index (χ1) is 13.1. The molecule has 0 spiro atoms. The zero-order valence-electron chi connectivity index (χ0n) is 16.2. The summed E-state index contributed by atoms with van der Waals surface area (Å²) in [7, 11) is 1.55. The molecule has 0 aromatic heterocycles. The first kappa shape index (κ1) is 20.2. The quantitative estimate of drug-likeness (QED) is 0.609. The Morgan fingerprint density at radius 1 is 1.15 bits per heavy atom. The van der Waals surface area contributed by atoms with E-state index in [2.05, 4.69) is 22.2 Å². The van der Waals surface area contributed by atoms with Crippen molar-refractivity contribution in [3.63, 3.8) is 0 Å². The summed E-state index contributed by atoms with van der Waals surface area (Å²) in [6.45, 7) is 6.27. The number of amides is 1. The van der Waals surface area contributed by atoms with E-state index in [0.717, 1.165) is 12.0 Å². The lowest BCUT2D eigenvalue weighted by Crippen LogP contribution is -2.13. The number of carbonyl (C=O) groups excluding carboxylic acids is 1. The van der Waals surface area contributed by atoms with Crippen molar-refractivity contribution in [2.75, 3.05) is 19.0 Å². The summed E-state index contributed by atoms with van der Waals surface area (Å²) in [5, 5.41) is 2.89. The second kappa shape index (κ2) is 10.1. The number of hydrogen-bond acceptors (Lipinski definition) is 4. The summed E-state index contributed by atoms with van der Waals surface area (Å²) in [5.74, 6) is 0.766. The van der Waals surface area contributed by atoms with Crippen LogP contribution in [0, 0.1) is 0 Å². The topological polar surface area (TPSA) is 72.3 Å². The molecule has 1 amide bonds. The number of aliphatic imine (C=N–C) groups is 2. The number of carbonyl (C=O) groups is 1. The molecule has 142 valence electrons. The average Bonchev–Trinajstić information content (AvgIpc) is 2.68. The highest BCUT2D eigenvalue weighted by molar-refractivity contribution is 6.04. The van der Waals surface area contributed by atoms with E-state index in [1.165, 1.54) is 0 Å². The predicted octanol–water partition coefficient (Wildman–Crippen LogP) is 4.36. The van der Waals surface area contributed by atoms with Crippen molar-refractivity contribution < 1.29 is 14.3 Å². The van der Waals surface area contributed by atoms with Gasteiger partial charge in [0.15, 0.2) is 11.5 Å². The predicted molar refractivity (Wildman–Crippen MR) is 110 cm³/mol. The fraction of sp³-hybridized carbons (Fsp3) is 0.286. The minimum Gasteiger partial charge on any atom is -0.493 e. The number of methoxy groups -OCH3 is 1. The van der Waals surface area contributed by atoms with Gasteiger partial charge in [0.1, 0.15) is 0 Å². The normalized spacial score (nSPS) is 11.5. The van der Waals surface area contributed by atoms with Crippen LogP contribution in [0.2, 0.25) is 0 Å².